The molecule has 5 nitrogen and oxygen atoms in total. The fraction of sp³-hybridized carbons (Fsp3) is 0.769. The van der Waals surface area contributed by atoms with Crippen LogP contribution in [0.1, 0.15) is 44.3 Å². The molecule has 104 valence electrons. The molecule has 2 aliphatic carbocycles. The van der Waals surface area contributed by atoms with Crippen LogP contribution in [0.4, 0.5) is 0 Å². The summed E-state index contributed by atoms with van der Waals surface area (Å²) >= 11 is 5.62. The zero-order chi connectivity index (χ0) is 13.2. The molecule has 0 saturated heterocycles. The zero-order valence-corrected chi connectivity index (χ0v) is 11.6. The molecule has 2 N–H and O–H groups in total. The van der Waals surface area contributed by atoms with Crippen molar-refractivity contribution in [1.29, 1.82) is 0 Å². The molecule has 1 heterocycles. The molecular formula is C13H19ClN4O. The highest BCUT2D eigenvalue weighted by Gasteiger charge is 2.39. The minimum Gasteiger partial charge on any atom is -0.353 e. The van der Waals surface area contributed by atoms with Crippen LogP contribution < -0.4 is 5.32 Å². The van der Waals surface area contributed by atoms with Crippen LogP contribution in [-0.2, 0) is 11.2 Å². The van der Waals surface area contributed by atoms with E-state index in [0.29, 0.717) is 24.7 Å². The number of H-pyrrole nitrogens is 1. The average molecular weight is 283 g/mol. The molecule has 3 atom stereocenters. The van der Waals surface area contributed by atoms with E-state index >= 15 is 0 Å². The SMILES string of the molecule is O=C(CCc1nc(Cl)n[nH]1)N[C@H]1CC[C@@H]2CCC[C@@H]21. The minimum atomic E-state index is 0.116. The van der Waals surface area contributed by atoms with E-state index in [1.807, 2.05) is 0 Å². The van der Waals surface area contributed by atoms with Gasteiger partial charge in [0.2, 0.25) is 11.2 Å². The Kier molecular flexibility index (Phi) is 3.73. The normalized spacial score (nSPS) is 29.4. The van der Waals surface area contributed by atoms with Crippen LogP contribution >= 0.6 is 11.6 Å². The van der Waals surface area contributed by atoms with Crippen LogP contribution in [0.5, 0.6) is 0 Å². The van der Waals surface area contributed by atoms with Crippen molar-refractivity contribution < 1.29 is 4.79 Å². The Hall–Kier alpha value is -1.10. The number of aromatic amines is 1. The highest BCUT2D eigenvalue weighted by molar-refractivity contribution is 6.28. The van der Waals surface area contributed by atoms with Gasteiger partial charge in [0.15, 0.2) is 0 Å². The largest absolute Gasteiger partial charge is 0.353 e. The van der Waals surface area contributed by atoms with E-state index in [1.54, 1.807) is 0 Å². The summed E-state index contributed by atoms with van der Waals surface area (Å²) in [6, 6.07) is 0.401. The van der Waals surface area contributed by atoms with Gasteiger partial charge in [-0.25, -0.2) is 4.98 Å². The van der Waals surface area contributed by atoms with Gasteiger partial charge in [0.25, 0.3) is 0 Å². The van der Waals surface area contributed by atoms with Crippen LogP contribution in [0.15, 0.2) is 0 Å². The summed E-state index contributed by atoms with van der Waals surface area (Å²) in [4.78, 5) is 15.9. The maximum absolute atomic E-state index is 12.0. The van der Waals surface area contributed by atoms with Crippen molar-refractivity contribution in [2.75, 3.05) is 0 Å². The van der Waals surface area contributed by atoms with Crippen LogP contribution in [0.3, 0.4) is 0 Å². The Balaban J connectivity index is 1.46. The average Bonchev–Trinajstić information content (AvgIpc) is 3.05. The van der Waals surface area contributed by atoms with Gasteiger partial charge in [-0.2, -0.15) is 0 Å². The standard InChI is InChI=1S/C13H19ClN4O/c14-13-16-11(17-18-13)6-7-12(19)15-10-5-4-8-2-1-3-9(8)10/h8-10H,1-7H2,(H,15,19)(H,16,17,18)/t8-,9-,10-/m0/s1. The maximum Gasteiger partial charge on any atom is 0.242 e. The summed E-state index contributed by atoms with van der Waals surface area (Å²) in [6.07, 6.45) is 7.41. The molecular weight excluding hydrogens is 264 g/mol. The lowest BCUT2D eigenvalue weighted by Crippen LogP contribution is -2.37. The fourth-order valence-electron chi connectivity index (χ4n) is 3.64. The van der Waals surface area contributed by atoms with E-state index in [1.165, 1.54) is 25.7 Å². The maximum atomic E-state index is 12.0. The third-order valence-electron chi connectivity index (χ3n) is 4.52. The molecule has 0 bridgehead atoms. The van der Waals surface area contributed by atoms with Gasteiger partial charge < -0.3 is 5.32 Å². The van der Waals surface area contributed by atoms with Gasteiger partial charge in [-0.1, -0.05) is 12.8 Å². The highest BCUT2D eigenvalue weighted by Crippen LogP contribution is 2.43. The summed E-state index contributed by atoms with van der Waals surface area (Å²) < 4.78 is 0. The third kappa shape index (κ3) is 2.91. The molecule has 19 heavy (non-hydrogen) atoms. The molecule has 2 fully saturated rings. The van der Waals surface area contributed by atoms with Crippen LogP contribution in [-0.4, -0.2) is 27.1 Å². The molecule has 6 heteroatoms. The molecule has 1 aromatic heterocycles. The molecule has 0 spiro atoms. The van der Waals surface area contributed by atoms with Crippen molar-refractivity contribution in [3.8, 4) is 0 Å². The monoisotopic (exact) mass is 282 g/mol. The molecule has 0 aromatic carbocycles. The first kappa shape index (κ1) is 12.9. The van der Waals surface area contributed by atoms with Crippen molar-refractivity contribution in [3.63, 3.8) is 0 Å². The van der Waals surface area contributed by atoms with Crippen molar-refractivity contribution in [2.45, 2.75) is 51.0 Å². The Bertz CT molecular complexity index is 461. The molecule has 1 aromatic rings. The molecule has 2 aliphatic rings. The second-order valence-corrected chi connectivity index (χ2v) is 6.00. The molecule has 0 aliphatic heterocycles. The first-order valence-corrected chi connectivity index (χ1v) is 7.46. The number of aromatic nitrogens is 3. The molecule has 2 saturated carbocycles. The lowest BCUT2D eigenvalue weighted by molar-refractivity contribution is -0.122. The smallest absolute Gasteiger partial charge is 0.242 e. The van der Waals surface area contributed by atoms with Gasteiger partial charge in [0, 0.05) is 18.9 Å². The first-order valence-electron chi connectivity index (χ1n) is 7.08. The topological polar surface area (TPSA) is 70.7 Å². The van der Waals surface area contributed by atoms with E-state index in [2.05, 4.69) is 20.5 Å². The Labute approximate surface area is 117 Å². The van der Waals surface area contributed by atoms with Crippen LogP contribution in [0.2, 0.25) is 5.28 Å². The quantitative estimate of drug-likeness (QED) is 0.888. The molecule has 3 rings (SSSR count). The Morgan fingerprint density at radius 3 is 3.05 bits per heavy atom. The zero-order valence-electron chi connectivity index (χ0n) is 10.9. The van der Waals surface area contributed by atoms with E-state index in [4.69, 9.17) is 11.6 Å². The summed E-state index contributed by atoms with van der Waals surface area (Å²) in [5.74, 6) is 2.37. The number of hydrogen-bond donors (Lipinski definition) is 2. The summed E-state index contributed by atoms with van der Waals surface area (Å²) in [6.45, 7) is 0. The van der Waals surface area contributed by atoms with Crippen molar-refractivity contribution in [1.82, 2.24) is 20.5 Å². The molecule has 0 unspecified atom stereocenters. The fourth-order valence-corrected chi connectivity index (χ4v) is 3.78. The number of carbonyl (C=O) groups is 1. The summed E-state index contributed by atoms with van der Waals surface area (Å²) in [7, 11) is 0. The van der Waals surface area contributed by atoms with E-state index < -0.39 is 0 Å². The van der Waals surface area contributed by atoms with Crippen molar-refractivity contribution >= 4 is 17.5 Å². The predicted molar refractivity (Wildman–Crippen MR) is 71.7 cm³/mol. The number of fused-ring (bicyclic) bond motifs is 1. The van der Waals surface area contributed by atoms with Gasteiger partial charge in [0.1, 0.15) is 5.82 Å². The highest BCUT2D eigenvalue weighted by atomic mass is 35.5. The van der Waals surface area contributed by atoms with Crippen molar-refractivity contribution in [2.24, 2.45) is 11.8 Å². The number of nitrogens with one attached hydrogen (secondary N) is 2. The third-order valence-corrected chi connectivity index (χ3v) is 4.69. The number of aryl methyl sites for hydroxylation is 1. The number of carbonyl (C=O) groups excluding carboxylic acids is 1. The lowest BCUT2D eigenvalue weighted by atomic mass is 9.97. The van der Waals surface area contributed by atoms with Gasteiger partial charge in [-0.05, 0) is 42.7 Å². The van der Waals surface area contributed by atoms with Crippen LogP contribution in [0.25, 0.3) is 0 Å². The summed E-state index contributed by atoms with van der Waals surface area (Å²) in [5.41, 5.74) is 0. The second-order valence-electron chi connectivity index (χ2n) is 5.66. The van der Waals surface area contributed by atoms with E-state index in [9.17, 15) is 4.79 Å². The number of nitrogens with zero attached hydrogens (tertiary/aromatic N) is 2. The van der Waals surface area contributed by atoms with Crippen LogP contribution in [0, 0.1) is 11.8 Å². The lowest BCUT2D eigenvalue weighted by Gasteiger charge is -2.19. The van der Waals surface area contributed by atoms with E-state index in [0.717, 1.165) is 18.3 Å². The van der Waals surface area contributed by atoms with Gasteiger partial charge >= 0.3 is 0 Å². The minimum absolute atomic E-state index is 0.116. The number of rotatable bonds is 4. The number of hydrogen-bond acceptors (Lipinski definition) is 3. The van der Waals surface area contributed by atoms with Gasteiger partial charge in [-0.15, -0.1) is 5.10 Å². The predicted octanol–water partition coefficient (Wildman–Crippen LogP) is 2.09. The Morgan fingerprint density at radius 1 is 1.37 bits per heavy atom. The van der Waals surface area contributed by atoms with Gasteiger partial charge in [-0.3, -0.25) is 9.89 Å². The summed E-state index contributed by atoms with van der Waals surface area (Å²) in [5, 5.41) is 9.86. The Morgan fingerprint density at radius 2 is 2.26 bits per heavy atom. The number of halogens is 1. The van der Waals surface area contributed by atoms with E-state index in [-0.39, 0.29) is 11.2 Å². The van der Waals surface area contributed by atoms with Gasteiger partial charge in [0.05, 0.1) is 0 Å². The second kappa shape index (κ2) is 5.49. The molecule has 1 amide bonds. The number of amides is 1. The van der Waals surface area contributed by atoms with Crippen molar-refractivity contribution in [3.05, 3.63) is 11.1 Å². The first-order chi connectivity index (χ1) is 9.22. The molecule has 0 radical (unpaired) electrons.